The molecule has 0 aromatic heterocycles. The van der Waals surface area contributed by atoms with Crippen LogP contribution in [0.15, 0.2) is 12.1 Å². The molecule has 12 heavy (non-hydrogen) atoms. The Bertz CT molecular complexity index is 295. The van der Waals surface area contributed by atoms with Crippen molar-refractivity contribution in [3.8, 4) is 5.75 Å². The van der Waals surface area contributed by atoms with Gasteiger partial charge in [-0.2, -0.15) is 6.07 Å². The van der Waals surface area contributed by atoms with Crippen LogP contribution in [0.3, 0.4) is 0 Å². The molecule has 0 fully saturated rings. The van der Waals surface area contributed by atoms with Crippen LogP contribution >= 0.6 is 0 Å². The van der Waals surface area contributed by atoms with Crippen molar-refractivity contribution < 1.29 is 61.3 Å². The maximum absolute atomic E-state index is 10.3. The number of hydrogen-bond donors (Lipinski definition) is 1. The molecule has 0 saturated heterocycles. The average Bonchev–Trinajstić information content (AvgIpc) is 1.96. The van der Waals surface area contributed by atoms with Crippen LogP contribution < -0.4 is 51.4 Å². The van der Waals surface area contributed by atoms with Gasteiger partial charge in [-0.1, -0.05) is 13.0 Å². The first-order chi connectivity index (χ1) is 5.15. The van der Waals surface area contributed by atoms with Gasteiger partial charge in [0, 0.05) is 5.75 Å². The smallest absolute Gasteiger partial charge is 0.523 e. The summed E-state index contributed by atoms with van der Waals surface area (Å²) in [7, 11) is 0. The first kappa shape index (κ1) is 12.2. The number of aromatic hydroxyl groups is 1. The summed E-state index contributed by atoms with van der Waals surface area (Å²) in [5.41, 5.74) is 1.74. The van der Waals surface area contributed by atoms with Crippen LogP contribution in [0.5, 0.6) is 5.75 Å². The van der Waals surface area contributed by atoms with Gasteiger partial charge in [0.2, 0.25) is 0 Å². The molecule has 0 spiro atoms. The first-order valence-corrected chi connectivity index (χ1v) is 3.19. The third-order valence-corrected chi connectivity index (χ3v) is 1.57. The third kappa shape index (κ3) is 2.60. The van der Waals surface area contributed by atoms with E-state index in [1.807, 2.05) is 0 Å². The Morgan fingerprint density at radius 2 is 2.08 bits per heavy atom. The molecule has 0 aliphatic heterocycles. The van der Waals surface area contributed by atoms with Gasteiger partial charge in [0.1, 0.15) is 0 Å². The van der Waals surface area contributed by atoms with Crippen LogP contribution in [0, 0.1) is 13.8 Å². The molecule has 58 valence electrons. The van der Waals surface area contributed by atoms with E-state index in [0.29, 0.717) is 11.1 Å². The minimum absolute atomic E-state index is 0. The van der Waals surface area contributed by atoms with Gasteiger partial charge in [-0.05, 0) is 6.29 Å². The number of benzene rings is 1. The van der Waals surface area contributed by atoms with Crippen molar-refractivity contribution in [3.05, 3.63) is 35.7 Å². The van der Waals surface area contributed by atoms with E-state index >= 15 is 0 Å². The standard InChI is InChI=1S/C9H8O2.K/c1-6-3-9(11)4-8(5-10)7(6)2;/h3-4,11H,2H2,1H3;/q-2;+1. The molecule has 0 unspecified atom stereocenters. The zero-order valence-electron chi connectivity index (χ0n) is 7.22. The Balaban J connectivity index is 0.00000121. The number of phenolic OH excluding ortho intramolecular Hbond substituents is 1. The van der Waals surface area contributed by atoms with Gasteiger partial charge in [-0.3, -0.25) is 18.1 Å². The van der Waals surface area contributed by atoms with E-state index < -0.39 is 0 Å². The molecule has 2 nitrogen and oxygen atoms in total. The molecule has 1 N–H and O–H groups in total. The second-order valence-corrected chi connectivity index (χ2v) is 2.39. The Kier molecular flexibility index (Phi) is 5.12. The van der Waals surface area contributed by atoms with Gasteiger partial charge in [-0.15, -0.1) is 0 Å². The summed E-state index contributed by atoms with van der Waals surface area (Å²) in [6, 6.07) is 2.91. The maximum atomic E-state index is 10.3. The van der Waals surface area contributed by atoms with Gasteiger partial charge < -0.3 is 9.90 Å². The van der Waals surface area contributed by atoms with Crippen molar-refractivity contribution in [2.24, 2.45) is 0 Å². The Hall–Kier alpha value is 0.196. The van der Waals surface area contributed by atoms with Crippen molar-refractivity contribution in [3.63, 3.8) is 0 Å². The predicted molar refractivity (Wildman–Crippen MR) is 42.1 cm³/mol. The molecule has 0 aliphatic carbocycles. The molecule has 1 rings (SSSR count). The van der Waals surface area contributed by atoms with E-state index in [1.54, 1.807) is 19.3 Å². The number of hydrogen-bond acceptors (Lipinski definition) is 2. The van der Waals surface area contributed by atoms with E-state index in [1.165, 1.54) is 6.07 Å². The van der Waals surface area contributed by atoms with Gasteiger partial charge in [0.05, 0.1) is 0 Å². The minimum atomic E-state index is 0. The van der Waals surface area contributed by atoms with Crippen LogP contribution in [0.2, 0.25) is 0 Å². The molecular formula is C9H8KO2-. The average molecular weight is 187 g/mol. The predicted octanol–water partition coefficient (Wildman–Crippen LogP) is -1.66. The Morgan fingerprint density at radius 3 is 2.58 bits per heavy atom. The number of rotatable bonds is 1. The topological polar surface area (TPSA) is 37.3 Å². The van der Waals surface area contributed by atoms with E-state index in [-0.39, 0.29) is 57.1 Å². The van der Waals surface area contributed by atoms with Gasteiger partial charge in [0.25, 0.3) is 0 Å². The summed E-state index contributed by atoms with van der Waals surface area (Å²) in [4.78, 5) is 10.3. The molecule has 0 radical (unpaired) electrons. The van der Waals surface area contributed by atoms with Crippen molar-refractivity contribution >= 4 is 6.29 Å². The van der Waals surface area contributed by atoms with Crippen LogP contribution in [0.1, 0.15) is 16.7 Å². The second-order valence-electron chi connectivity index (χ2n) is 2.39. The van der Waals surface area contributed by atoms with Crippen molar-refractivity contribution in [1.29, 1.82) is 0 Å². The third-order valence-electron chi connectivity index (χ3n) is 1.57. The fraction of sp³-hybridized carbons (Fsp3) is 0.111. The normalized spacial score (nSPS) is 8.75. The number of phenols is 1. The van der Waals surface area contributed by atoms with E-state index in [2.05, 4.69) is 6.92 Å². The number of aryl methyl sites for hydroxylation is 1. The Morgan fingerprint density at radius 1 is 1.50 bits per heavy atom. The van der Waals surface area contributed by atoms with Crippen LogP contribution in [-0.2, 0) is 4.79 Å². The summed E-state index contributed by atoms with van der Waals surface area (Å²) in [6.45, 7) is 5.44. The summed E-state index contributed by atoms with van der Waals surface area (Å²) in [6.07, 6.45) is 1.70. The maximum Gasteiger partial charge on any atom is 1.00 e. The molecule has 0 atom stereocenters. The van der Waals surface area contributed by atoms with Crippen molar-refractivity contribution in [2.45, 2.75) is 6.92 Å². The van der Waals surface area contributed by atoms with Crippen molar-refractivity contribution in [1.82, 2.24) is 0 Å². The second kappa shape index (κ2) is 5.04. The fourth-order valence-electron chi connectivity index (χ4n) is 0.889. The van der Waals surface area contributed by atoms with Crippen LogP contribution in [0.25, 0.3) is 0 Å². The van der Waals surface area contributed by atoms with E-state index in [4.69, 9.17) is 5.11 Å². The Labute approximate surface area is 114 Å². The van der Waals surface area contributed by atoms with Crippen LogP contribution in [0.4, 0.5) is 0 Å². The molecule has 0 amide bonds. The van der Waals surface area contributed by atoms with Gasteiger partial charge in [-0.25, -0.2) is 5.56 Å². The zero-order chi connectivity index (χ0) is 8.43. The zero-order valence-corrected chi connectivity index (χ0v) is 10.3. The summed E-state index contributed by atoms with van der Waals surface area (Å²) in [5, 5.41) is 9.04. The van der Waals surface area contributed by atoms with Crippen LogP contribution in [-0.4, -0.2) is 11.4 Å². The first-order valence-electron chi connectivity index (χ1n) is 3.19. The molecule has 0 heterocycles. The van der Waals surface area contributed by atoms with Gasteiger partial charge >= 0.3 is 51.4 Å². The van der Waals surface area contributed by atoms with Gasteiger partial charge in [0.15, 0.2) is 0 Å². The fourth-order valence-corrected chi connectivity index (χ4v) is 0.889. The molecule has 1 aromatic rings. The molecule has 3 heteroatoms. The SMILES string of the molecule is [CH2-]c1c(C)cc(O)cc1[C-]=O.[K+]. The largest absolute Gasteiger partial charge is 1.00 e. The molecule has 0 aliphatic rings. The summed E-state index contributed by atoms with van der Waals surface area (Å²) < 4.78 is 0. The molecule has 0 saturated carbocycles. The monoisotopic (exact) mass is 187 g/mol. The van der Waals surface area contributed by atoms with E-state index in [0.717, 1.165) is 5.56 Å². The van der Waals surface area contributed by atoms with E-state index in [9.17, 15) is 4.79 Å². The molecular weight excluding hydrogens is 179 g/mol. The van der Waals surface area contributed by atoms with Crippen molar-refractivity contribution in [2.75, 3.05) is 0 Å². The number of carbonyl (C=O) groups excluding carboxylic acids is 1. The molecule has 0 bridgehead atoms. The quantitative estimate of drug-likeness (QED) is 0.422. The summed E-state index contributed by atoms with van der Waals surface area (Å²) >= 11 is 0. The molecule has 1 aromatic carbocycles. The minimum Gasteiger partial charge on any atom is -0.523 e. The summed E-state index contributed by atoms with van der Waals surface area (Å²) in [5.74, 6) is 0.0771.